The second-order valence-corrected chi connectivity index (χ2v) is 6.84. The van der Waals surface area contributed by atoms with Crippen LogP contribution < -0.4 is 4.74 Å². The third kappa shape index (κ3) is 4.34. The van der Waals surface area contributed by atoms with E-state index >= 15 is 0 Å². The fourth-order valence-corrected chi connectivity index (χ4v) is 3.41. The molecule has 0 atom stereocenters. The van der Waals surface area contributed by atoms with Crippen molar-refractivity contribution in [3.8, 4) is 5.88 Å². The molecule has 2 aromatic rings. The molecule has 1 aromatic heterocycles. The number of hydrogen-bond acceptors (Lipinski definition) is 4. The lowest BCUT2D eigenvalue weighted by Gasteiger charge is -2.35. The zero-order chi connectivity index (χ0) is 19.4. The highest BCUT2D eigenvalue weighted by molar-refractivity contribution is 6.36. The molecule has 2 heterocycles. The Morgan fingerprint density at radius 2 is 1.67 bits per heavy atom. The molecule has 2 amide bonds. The highest BCUT2D eigenvalue weighted by Gasteiger charge is 2.28. The van der Waals surface area contributed by atoms with E-state index in [2.05, 4.69) is 4.98 Å². The summed E-state index contributed by atoms with van der Waals surface area (Å²) in [5.41, 5.74) is 0.839. The number of ether oxygens (including phenoxy) is 1. The van der Waals surface area contributed by atoms with Crippen molar-refractivity contribution < 1.29 is 14.3 Å². The number of nitrogens with zero attached hydrogens (tertiary/aromatic N) is 3. The molecule has 0 aliphatic carbocycles. The van der Waals surface area contributed by atoms with Crippen LogP contribution in [0.4, 0.5) is 0 Å². The van der Waals surface area contributed by atoms with Crippen molar-refractivity contribution in [3.05, 3.63) is 57.7 Å². The van der Waals surface area contributed by atoms with Crippen LogP contribution in [0.5, 0.6) is 5.88 Å². The summed E-state index contributed by atoms with van der Waals surface area (Å²) in [4.78, 5) is 33.0. The molecule has 1 fully saturated rings. The number of benzene rings is 1. The smallest absolute Gasteiger partial charge is 0.259 e. The monoisotopic (exact) mass is 407 g/mol. The SMILES string of the molecule is CCOc1ncccc1C(=O)N1CCN(C(=O)c2ccc(Cl)cc2Cl)CC1. The van der Waals surface area contributed by atoms with Gasteiger partial charge in [0.2, 0.25) is 5.88 Å². The minimum Gasteiger partial charge on any atom is -0.477 e. The van der Waals surface area contributed by atoms with Crippen molar-refractivity contribution >= 4 is 35.0 Å². The predicted octanol–water partition coefficient (Wildman–Crippen LogP) is 3.39. The number of rotatable bonds is 4. The molecule has 0 spiro atoms. The van der Waals surface area contributed by atoms with E-state index in [1.54, 1.807) is 46.3 Å². The fourth-order valence-electron chi connectivity index (χ4n) is 2.92. The van der Waals surface area contributed by atoms with E-state index in [0.29, 0.717) is 59.8 Å². The molecule has 0 unspecified atom stereocenters. The Hall–Kier alpha value is -2.31. The molecule has 1 saturated heterocycles. The lowest BCUT2D eigenvalue weighted by molar-refractivity contribution is 0.0532. The van der Waals surface area contributed by atoms with Gasteiger partial charge in [-0.25, -0.2) is 4.98 Å². The third-order valence-corrected chi connectivity index (χ3v) is 4.85. The first-order valence-corrected chi connectivity index (χ1v) is 9.38. The number of piperazine rings is 1. The van der Waals surface area contributed by atoms with E-state index < -0.39 is 0 Å². The summed E-state index contributed by atoms with van der Waals surface area (Å²) >= 11 is 12.0. The maximum absolute atomic E-state index is 12.8. The van der Waals surface area contributed by atoms with E-state index in [1.807, 2.05) is 6.92 Å². The number of carbonyl (C=O) groups excluding carboxylic acids is 2. The average Bonchev–Trinajstić information content (AvgIpc) is 2.68. The first-order valence-electron chi connectivity index (χ1n) is 8.62. The van der Waals surface area contributed by atoms with E-state index in [0.717, 1.165) is 0 Å². The van der Waals surface area contributed by atoms with Crippen molar-refractivity contribution in [2.75, 3.05) is 32.8 Å². The Morgan fingerprint density at radius 1 is 1.04 bits per heavy atom. The van der Waals surface area contributed by atoms with Gasteiger partial charge in [-0.1, -0.05) is 23.2 Å². The molecular weight excluding hydrogens is 389 g/mol. The van der Waals surface area contributed by atoms with Crippen LogP contribution in [0, 0.1) is 0 Å². The summed E-state index contributed by atoms with van der Waals surface area (Å²) in [5, 5.41) is 0.802. The summed E-state index contributed by atoms with van der Waals surface area (Å²) < 4.78 is 5.44. The number of halogens is 2. The van der Waals surface area contributed by atoms with Gasteiger partial charge in [0.05, 0.1) is 17.2 Å². The predicted molar refractivity (Wildman–Crippen MR) is 104 cm³/mol. The molecule has 0 bridgehead atoms. The van der Waals surface area contributed by atoms with Crippen molar-refractivity contribution in [1.82, 2.24) is 14.8 Å². The normalized spacial score (nSPS) is 14.2. The number of carbonyl (C=O) groups is 2. The molecule has 3 rings (SSSR count). The number of pyridine rings is 1. The van der Waals surface area contributed by atoms with Gasteiger partial charge in [-0.15, -0.1) is 0 Å². The Kier molecular flexibility index (Phi) is 6.19. The first kappa shape index (κ1) is 19.5. The van der Waals surface area contributed by atoms with Gasteiger partial charge in [-0.05, 0) is 37.3 Å². The third-order valence-electron chi connectivity index (χ3n) is 4.30. The maximum Gasteiger partial charge on any atom is 0.259 e. The maximum atomic E-state index is 12.8. The molecule has 0 radical (unpaired) electrons. The molecule has 142 valence electrons. The fraction of sp³-hybridized carbons (Fsp3) is 0.316. The summed E-state index contributed by atoms with van der Waals surface area (Å²) in [6, 6.07) is 8.21. The summed E-state index contributed by atoms with van der Waals surface area (Å²) in [7, 11) is 0. The Morgan fingerprint density at radius 3 is 2.26 bits per heavy atom. The van der Waals surface area contributed by atoms with Crippen LogP contribution >= 0.6 is 23.2 Å². The van der Waals surface area contributed by atoms with Crippen molar-refractivity contribution in [3.63, 3.8) is 0 Å². The minimum absolute atomic E-state index is 0.150. The number of aromatic nitrogens is 1. The number of hydrogen-bond donors (Lipinski definition) is 0. The summed E-state index contributed by atoms with van der Waals surface area (Å²) in [6.45, 7) is 3.98. The standard InChI is InChI=1S/C19H19Cl2N3O3/c1-2-27-17-15(4-3-7-22-17)19(26)24-10-8-23(9-11-24)18(25)14-6-5-13(20)12-16(14)21/h3-7,12H,2,8-11H2,1H3. The second kappa shape index (κ2) is 8.59. The van der Waals surface area contributed by atoms with E-state index in [9.17, 15) is 9.59 Å². The van der Waals surface area contributed by atoms with Crippen LogP contribution in [-0.4, -0.2) is 59.4 Å². The zero-order valence-electron chi connectivity index (χ0n) is 14.8. The van der Waals surface area contributed by atoms with Crippen molar-refractivity contribution in [2.45, 2.75) is 6.92 Å². The molecule has 1 aliphatic rings. The van der Waals surface area contributed by atoms with Gasteiger partial charge in [0.15, 0.2) is 0 Å². The van der Waals surface area contributed by atoms with Crippen molar-refractivity contribution in [1.29, 1.82) is 0 Å². The molecule has 0 N–H and O–H groups in total. The second-order valence-electron chi connectivity index (χ2n) is 6.00. The zero-order valence-corrected chi connectivity index (χ0v) is 16.3. The first-order chi connectivity index (χ1) is 13.0. The lowest BCUT2D eigenvalue weighted by atomic mass is 10.1. The van der Waals surface area contributed by atoms with Crippen LogP contribution in [0.15, 0.2) is 36.5 Å². The topological polar surface area (TPSA) is 62.7 Å². The van der Waals surface area contributed by atoms with Gasteiger partial charge in [-0.2, -0.15) is 0 Å². The largest absolute Gasteiger partial charge is 0.477 e. The van der Waals surface area contributed by atoms with E-state index in [-0.39, 0.29) is 11.8 Å². The van der Waals surface area contributed by atoms with Crippen LogP contribution in [0.3, 0.4) is 0 Å². The Bertz CT molecular complexity index is 852. The van der Waals surface area contributed by atoms with Gasteiger partial charge in [0.25, 0.3) is 11.8 Å². The van der Waals surface area contributed by atoms with Gasteiger partial charge in [0.1, 0.15) is 5.56 Å². The molecular formula is C19H19Cl2N3O3. The molecule has 27 heavy (non-hydrogen) atoms. The van der Waals surface area contributed by atoms with Gasteiger partial charge < -0.3 is 14.5 Å². The van der Waals surface area contributed by atoms with Gasteiger partial charge in [-0.3, -0.25) is 9.59 Å². The van der Waals surface area contributed by atoms with Crippen LogP contribution in [0.25, 0.3) is 0 Å². The van der Waals surface area contributed by atoms with Gasteiger partial charge in [0, 0.05) is 37.4 Å². The molecule has 8 heteroatoms. The van der Waals surface area contributed by atoms with Crippen LogP contribution in [0.1, 0.15) is 27.6 Å². The Labute approximate surface area is 167 Å². The van der Waals surface area contributed by atoms with Crippen LogP contribution in [0.2, 0.25) is 10.0 Å². The van der Waals surface area contributed by atoms with Crippen LogP contribution in [-0.2, 0) is 0 Å². The molecule has 0 saturated carbocycles. The number of amides is 2. The lowest BCUT2D eigenvalue weighted by Crippen LogP contribution is -2.50. The quantitative estimate of drug-likeness (QED) is 0.778. The van der Waals surface area contributed by atoms with E-state index in [4.69, 9.17) is 27.9 Å². The molecule has 1 aliphatic heterocycles. The summed E-state index contributed by atoms with van der Waals surface area (Å²) in [6.07, 6.45) is 1.59. The van der Waals surface area contributed by atoms with Crippen molar-refractivity contribution in [2.24, 2.45) is 0 Å². The molecule has 1 aromatic carbocycles. The minimum atomic E-state index is -0.167. The highest BCUT2D eigenvalue weighted by atomic mass is 35.5. The average molecular weight is 408 g/mol. The van der Waals surface area contributed by atoms with Gasteiger partial charge >= 0.3 is 0 Å². The molecule has 6 nitrogen and oxygen atoms in total. The summed E-state index contributed by atoms with van der Waals surface area (Å²) in [5.74, 6) is 0.0137. The highest BCUT2D eigenvalue weighted by Crippen LogP contribution is 2.23. The Balaban J connectivity index is 1.66. The van der Waals surface area contributed by atoms with E-state index in [1.165, 1.54) is 0 Å².